The first-order valence-corrected chi connectivity index (χ1v) is 7.14. The summed E-state index contributed by atoms with van der Waals surface area (Å²) < 4.78 is 0. The molecule has 1 aliphatic carbocycles. The Bertz CT molecular complexity index is 416. The molecule has 1 nitrogen and oxygen atoms in total. The summed E-state index contributed by atoms with van der Waals surface area (Å²) in [6, 6.07) is 11.3. The number of rotatable bonds is 3. The minimum absolute atomic E-state index is 0.0963. The van der Waals surface area contributed by atoms with Gasteiger partial charge in [0.25, 0.3) is 0 Å². The first kappa shape index (κ1) is 13.1. The van der Waals surface area contributed by atoms with Gasteiger partial charge in [-0.15, -0.1) is 0 Å². The van der Waals surface area contributed by atoms with Gasteiger partial charge in [-0.05, 0) is 50.5 Å². The van der Waals surface area contributed by atoms with E-state index in [4.69, 9.17) is 0 Å². The van der Waals surface area contributed by atoms with Crippen LogP contribution in [0.15, 0.2) is 24.3 Å². The Labute approximate surface area is 111 Å². The molecule has 1 heteroatoms. The van der Waals surface area contributed by atoms with Gasteiger partial charge in [0.15, 0.2) is 0 Å². The summed E-state index contributed by atoms with van der Waals surface area (Å²) in [4.78, 5) is 0. The van der Waals surface area contributed by atoms with E-state index < -0.39 is 0 Å². The van der Waals surface area contributed by atoms with Crippen LogP contribution >= 0.6 is 0 Å². The topological polar surface area (TPSA) is 23.8 Å². The van der Waals surface area contributed by atoms with Crippen molar-refractivity contribution in [3.05, 3.63) is 35.4 Å². The van der Waals surface area contributed by atoms with Crippen molar-refractivity contribution < 1.29 is 0 Å². The number of hydrogen-bond acceptors (Lipinski definition) is 1. The van der Waals surface area contributed by atoms with E-state index in [1.54, 1.807) is 0 Å². The molecule has 0 bridgehead atoms. The van der Waals surface area contributed by atoms with E-state index >= 15 is 0 Å². The van der Waals surface area contributed by atoms with Gasteiger partial charge < -0.3 is 0 Å². The SMILES string of the molecule is CCC1CCC(C#N)(Cc2ccc(C)cc2)CC1. The molecule has 0 aliphatic heterocycles. The fourth-order valence-corrected chi connectivity index (χ4v) is 3.06. The molecule has 0 spiro atoms. The van der Waals surface area contributed by atoms with Crippen LogP contribution in [-0.2, 0) is 6.42 Å². The van der Waals surface area contributed by atoms with Gasteiger partial charge in [-0.3, -0.25) is 0 Å². The summed E-state index contributed by atoms with van der Waals surface area (Å²) in [6.07, 6.45) is 6.82. The van der Waals surface area contributed by atoms with Crippen LogP contribution in [0.1, 0.15) is 50.2 Å². The third-order valence-electron chi connectivity index (χ3n) is 4.54. The van der Waals surface area contributed by atoms with Crippen molar-refractivity contribution in [2.45, 2.75) is 52.4 Å². The van der Waals surface area contributed by atoms with Crippen molar-refractivity contribution in [2.75, 3.05) is 0 Å². The van der Waals surface area contributed by atoms with Crippen molar-refractivity contribution in [3.8, 4) is 6.07 Å². The number of hydrogen-bond donors (Lipinski definition) is 0. The quantitative estimate of drug-likeness (QED) is 0.755. The molecule has 96 valence electrons. The monoisotopic (exact) mass is 241 g/mol. The van der Waals surface area contributed by atoms with Gasteiger partial charge in [0.1, 0.15) is 0 Å². The van der Waals surface area contributed by atoms with E-state index in [0.717, 1.165) is 25.2 Å². The maximum atomic E-state index is 9.57. The van der Waals surface area contributed by atoms with E-state index in [-0.39, 0.29) is 5.41 Å². The molecule has 0 radical (unpaired) electrons. The molecule has 0 atom stereocenters. The van der Waals surface area contributed by atoms with Crippen molar-refractivity contribution in [1.82, 2.24) is 0 Å². The zero-order valence-electron chi connectivity index (χ0n) is 11.6. The smallest absolute Gasteiger partial charge is 0.0693 e. The van der Waals surface area contributed by atoms with Gasteiger partial charge >= 0.3 is 0 Å². The average Bonchev–Trinajstić information content (AvgIpc) is 2.42. The van der Waals surface area contributed by atoms with Crippen molar-refractivity contribution >= 4 is 0 Å². The third kappa shape index (κ3) is 2.93. The Morgan fingerprint density at radius 2 is 1.83 bits per heavy atom. The zero-order chi connectivity index (χ0) is 13.0. The second-order valence-corrected chi connectivity index (χ2v) is 5.91. The second-order valence-electron chi connectivity index (χ2n) is 5.91. The summed E-state index contributed by atoms with van der Waals surface area (Å²) >= 11 is 0. The highest BCUT2D eigenvalue weighted by Crippen LogP contribution is 2.41. The van der Waals surface area contributed by atoms with E-state index in [1.165, 1.54) is 30.4 Å². The van der Waals surface area contributed by atoms with Gasteiger partial charge in [0, 0.05) is 0 Å². The van der Waals surface area contributed by atoms with Crippen molar-refractivity contribution in [3.63, 3.8) is 0 Å². The largest absolute Gasteiger partial charge is 0.198 e. The Kier molecular flexibility index (Phi) is 4.07. The van der Waals surface area contributed by atoms with E-state index in [2.05, 4.69) is 44.2 Å². The van der Waals surface area contributed by atoms with Gasteiger partial charge in [-0.25, -0.2) is 0 Å². The standard InChI is InChI=1S/C17H23N/c1-3-15-8-10-17(13-18,11-9-15)12-16-6-4-14(2)5-7-16/h4-7,15H,3,8-12H2,1-2H3. The lowest BCUT2D eigenvalue weighted by Gasteiger charge is -2.34. The maximum absolute atomic E-state index is 9.57. The lowest BCUT2D eigenvalue weighted by atomic mass is 9.68. The van der Waals surface area contributed by atoms with Crippen LogP contribution in [0.25, 0.3) is 0 Å². The molecule has 1 aromatic carbocycles. The van der Waals surface area contributed by atoms with Crippen molar-refractivity contribution in [1.29, 1.82) is 5.26 Å². The molecule has 18 heavy (non-hydrogen) atoms. The Morgan fingerprint density at radius 1 is 1.22 bits per heavy atom. The third-order valence-corrected chi connectivity index (χ3v) is 4.54. The molecule has 0 aromatic heterocycles. The molecule has 2 rings (SSSR count). The minimum Gasteiger partial charge on any atom is -0.198 e. The van der Waals surface area contributed by atoms with E-state index in [1.807, 2.05) is 0 Å². The Hall–Kier alpha value is -1.29. The molecule has 1 aliphatic rings. The number of nitriles is 1. The summed E-state index contributed by atoms with van der Waals surface area (Å²) in [6.45, 7) is 4.38. The molecule has 1 aromatic rings. The van der Waals surface area contributed by atoms with Crippen LogP contribution in [0.5, 0.6) is 0 Å². The predicted molar refractivity (Wildman–Crippen MR) is 75.2 cm³/mol. The normalized spacial score (nSPS) is 27.7. The predicted octanol–water partition coefficient (Wildman–Crippen LogP) is 4.65. The Balaban J connectivity index is 2.06. The van der Waals surface area contributed by atoms with E-state index in [9.17, 15) is 5.26 Å². The molecular formula is C17H23N. The number of nitrogens with zero attached hydrogens (tertiary/aromatic N) is 1. The van der Waals surface area contributed by atoms with Crippen molar-refractivity contribution in [2.24, 2.45) is 11.3 Å². The molecule has 0 amide bonds. The molecule has 1 fully saturated rings. The van der Waals surface area contributed by atoms with Gasteiger partial charge in [-0.1, -0.05) is 43.2 Å². The first-order valence-electron chi connectivity index (χ1n) is 7.14. The summed E-state index contributed by atoms with van der Waals surface area (Å²) in [5, 5.41) is 9.57. The fraction of sp³-hybridized carbons (Fsp3) is 0.588. The van der Waals surface area contributed by atoms with Gasteiger partial charge in [0.2, 0.25) is 0 Å². The molecule has 0 N–H and O–H groups in total. The minimum atomic E-state index is -0.0963. The molecule has 0 saturated heterocycles. The highest BCUT2D eigenvalue weighted by Gasteiger charge is 2.34. The average molecular weight is 241 g/mol. The van der Waals surface area contributed by atoms with Crippen LogP contribution < -0.4 is 0 Å². The lowest BCUT2D eigenvalue weighted by Crippen LogP contribution is -2.28. The second kappa shape index (κ2) is 5.57. The number of aryl methyl sites for hydroxylation is 1. The van der Waals surface area contributed by atoms with Crippen LogP contribution in [-0.4, -0.2) is 0 Å². The number of benzene rings is 1. The molecule has 0 unspecified atom stereocenters. The molecule has 1 saturated carbocycles. The summed E-state index contributed by atoms with van der Waals surface area (Å²) in [7, 11) is 0. The maximum Gasteiger partial charge on any atom is 0.0693 e. The lowest BCUT2D eigenvalue weighted by molar-refractivity contribution is 0.205. The Morgan fingerprint density at radius 3 is 2.33 bits per heavy atom. The van der Waals surface area contributed by atoms with Gasteiger partial charge in [-0.2, -0.15) is 5.26 Å². The highest BCUT2D eigenvalue weighted by atomic mass is 14.4. The van der Waals surface area contributed by atoms with Crippen LogP contribution in [0.3, 0.4) is 0 Å². The van der Waals surface area contributed by atoms with Crippen LogP contribution in [0.2, 0.25) is 0 Å². The molecule has 0 heterocycles. The first-order chi connectivity index (χ1) is 8.67. The van der Waals surface area contributed by atoms with Crippen LogP contribution in [0.4, 0.5) is 0 Å². The fourth-order valence-electron chi connectivity index (χ4n) is 3.06. The van der Waals surface area contributed by atoms with E-state index in [0.29, 0.717) is 0 Å². The highest BCUT2D eigenvalue weighted by molar-refractivity contribution is 5.24. The van der Waals surface area contributed by atoms with Crippen LogP contribution in [0, 0.1) is 29.6 Å². The van der Waals surface area contributed by atoms with Gasteiger partial charge in [0.05, 0.1) is 11.5 Å². The molecular weight excluding hydrogens is 218 g/mol. The zero-order valence-corrected chi connectivity index (χ0v) is 11.6. The summed E-state index contributed by atoms with van der Waals surface area (Å²) in [5.74, 6) is 0.851. The summed E-state index contributed by atoms with van der Waals surface area (Å²) in [5.41, 5.74) is 2.51.